The summed E-state index contributed by atoms with van der Waals surface area (Å²) < 4.78 is 12.7. The van der Waals surface area contributed by atoms with Gasteiger partial charge in [-0.15, -0.1) is 0 Å². The molecule has 0 radical (unpaired) electrons. The van der Waals surface area contributed by atoms with Crippen LogP contribution >= 0.6 is 0 Å². The number of nitrogens with zero attached hydrogens (tertiary/aromatic N) is 2. The van der Waals surface area contributed by atoms with Crippen molar-refractivity contribution >= 4 is 0 Å². The van der Waals surface area contributed by atoms with Crippen molar-refractivity contribution in [1.82, 2.24) is 9.72 Å². The third-order valence-corrected chi connectivity index (χ3v) is 3.95. The van der Waals surface area contributed by atoms with E-state index in [0.717, 1.165) is 34.9 Å². The standard InChI is InChI=1S/C18H20N2O2/c1-5-14-10-11-20(17-12(2)19-22-13(17)3)18(14)15-6-8-16(21-4)9-7-15/h6-11H,5H2,1-4H3. The fourth-order valence-corrected chi connectivity index (χ4v) is 2.84. The molecule has 0 spiro atoms. The SMILES string of the molecule is CCc1ccn(-c2c(C)noc2C)c1-c1ccc(OC)cc1. The van der Waals surface area contributed by atoms with E-state index in [1.165, 1.54) is 11.3 Å². The lowest BCUT2D eigenvalue weighted by Crippen LogP contribution is -1.99. The summed E-state index contributed by atoms with van der Waals surface area (Å²) >= 11 is 0. The molecule has 4 heteroatoms. The van der Waals surface area contributed by atoms with Gasteiger partial charge in [-0.2, -0.15) is 0 Å². The Labute approximate surface area is 130 Å². The van der Waals surface area contributed by atoms with Crippen molar-refractivity contribution in [3.63, 3.8) is 0 Å². The molecule has 0 amide bonds. The first kappa shape index (κ1) is 14.4. The molecule has 1 aromatic carbocycles. The molecule has 0 saturated carbocycles. The van der Waals surface area contributed by atoms with Gasteiger partial charge in [-0.1, -0.05) is 12.1 Å². The van der Waals surface area contributed by atoms with Crippen LogP contribution in [0.15, 0.2) is 41.1 Å². The van der Waals surface area contributed by atoms with Gasteiger partial charge in [0.15, 0.2) is 5.76 Å². The molecular weight excluding hydrogens is 276 g/mol. The summed E-state index contributed by atoms with van der Waals surface area (Å²) in [6.07, 6.45) is 3.06. The summed E-state index contributed by atoms with van der Waals surface area (Å²) in [6.45, 7) is 6.08. The molecule has 0 aliphatic heterocycles. The summed E-state index contributed by atoms with van der Waals surface area (Å²) in [5.41, 5.74) is 5.54. The fraction of sp³-hybridized carbons (Fsp3) is 0.278. The highest BCUT2D eigenvalue weighted by Gasteiger charge is 2.17. The van der Waals surface area contributed by atoms with Crippen LogP contribution in [-0.2, 0) is 6.42 Å². The third-order valence-electron chi connectivity index (χ3n) is 3.95. The predicted molar refractivity (Wildman–Crippen MR) is 86.7 cm³/mol. The minimum Gasteiger partial charge on any atom is -0.497 e. The molecule has 2 aromatic heterocycles. The molecule has 2 heterocycles. The quantitative estimate of drug-likeness (QED) is 0.720. The maximum absolute atomic E-state index is 5.33. The number of aromatic nitrogens is 2. The third kappa shape index (κ3) is 2.30. The van der Waals surface area contributed by atoms with Crippen LogP contribution in [0, 0.1) is 13.8 Å². The van der Waals surface area contributed by atoms with Gasteiger partial charge in [0.2, 0.25) is 0 Å². The summed E-state index contributed by atoms with van der Waals surface area (Å²) in [5, 5.41) is 4.07. The molecule has 0 aliphatic rings. The molecule has 22 heavy (non-hydrogen) atoms. The second kappa shape index (κ2) is 5.72. The summed E-state index contributed by atoms with van der Waals surface area (Å²) in [7, 11) is 1.68. The topological polar surface area (TPSA) is 40.2 Å². The van der Waals surface area contributed by atoms with Gasteiger partial charge < -0.3 is 13.8 Å². The first-order valence-electron chi connectivity index (χ1n) is 7.43. The zero-order valence-corrected chi connectivity index (χ0v) is 13.4. The van der Waals surface area contributed by atoms with Crippen molar-refractivity contribution in [1.29, 1.82) is 0 Å². The zero-order chi connectivity index (χ0) is 15.7. The van der Waals surface area contributed by atoms with Crippen LogP contribution in [0.2, 0.25) is 0 Å². The van der Waals surface area contributed by atoms with Gasteiger partial charge in [-0.05, 0) is 61.7 Å². The van der Waals surface area contributed by atoms with Crippen LogP contribution in [0.4, 0.5) is 0 Å². The number of rotatable bonds is 4. The van der Waals surface area contributed by atoms with E-state index in [1.807, 2.05) is 26.0 Å². The van der Waals surface area contributed by atoms with E-state index >= 15 is 0 Å². The molecular formula is C18H20N2O2. The number of methoxy groups -OCH3 is 1. The minimum absolute atomic E-state index is 0.825. The number of hydrogen-bond donors (Lipinski definition) is 0. The van der Waals surface area contributed by atoms with E-state index in [1.54, 1.807) is 7.11 Å². The average Bonchev–Trinajstić information content (AvgIpc) is 3.10. The van der Waals surface area contributed by atoms with Crippen molar-refractivity contribution < 1.29 is 9.26 Å². The Hall–Kier alpha value is -2.49. The van der Waals surface area contributed by atoms with Gasteiger partial charge in [-0.3, -0.25) is 0 Å². The van der Waals surface area contributed by atoms with E-state index in [4.69, 9.17) is 9.26 Å². The highest BCUT2D eigenvalue weighted by Crippen LogP contribution is 2.32. The molecule has 0 unspecified atom stereocenters. The Morgan fingerprint density at radius 3 is 2.41 bits per heavy atom. The van der Waals surface area contributed by atoms with Gasteiger partial charge in [0.05, 0.1) is 12.8 Å². The van der Waals surface area contributed by atoms with Crippen molar-refractivity contribution in [3.05, 3.63) is 53.5 Å². The van der Waals surface area contributed by atoms with Crippen LogP contribution in [0.25, 0.3) is 16.9 Å². The first-order chi connectivity index (χ1) is 10.7. The second-order valence-corrected chi connectivity index (χ2v) is 5.31. The van der Waals surface area contributed by atoms with E-state index in [-0.39, 0.29) is 0 Å². The van der Waals surface area contributed by atoms with Gasteiger partial charge in [-0.25, -0.2) is 0 Å². The monoisotopic (exact) mass is 296 g/mol. The largest absolute Gasteiger partial charge is 0.497 e. The molecule has 0 saturated heterocycles. The number of aryl methyl sites for hydroxylation is 3. The van der Waals surface area contributed by atoms with E-state index in [0.29, 0.717) is 0 Å². The number of benzene rings is 1. The zero-order valence-electron chi connectivity index (χ0n) is 13.4. The fourth-order valence-electron chi connectivity index (χ4n) is 2.84. The molecule has 0 N–H and O–H groups in total. The molecule has 3 aromatic rings. The highest BCUT2D eigenvalue weighted by molar-refractivity contribution is 5.68. The van der Waals surface area contributed by atoms with Crippen LogP contribution < -0.4 is 4.74 Å². The molecule has 3 rings (SSSR count). The van der Waals surface area contributed by atoms with Crippen LogP contribution in [0.5, 0.6) is 5.75 Å². The minimum atomic E-state index is 0.825. The Balaban J connectivity index is 2.19. The predicted octanol–water partition coefficient (Wildman–Crippen LogP) is 4.32. The molecule has 0 aliphatic carbocycles. The van der Waals surface area contributed by atoms with Gasteiger partial charge >= 0.3 is 0 Å². The molecule has 114 valence electrons. The maximum atomic E-state index is 5.33. The smallest absolute Gasteiger partial charge is 0.157 e. The molecule has 0 bridgehead atoms. The molecule has 0 atom stereocenters. The van der Waals surface area contributed by atoms with Gasteiger partial charge in [0, 0.05) is 6.20 Å². The lowest BCUT2D eigenvalue weighted by atomic mass is 10.1. The number of ether oxygens (including phenoxy) is 1. The summed E-state index contributed by atoms with van der Waals surface area (Å²) in [6, 6.07) is 10.3. The van der Waals surface area contributed by atoms with E-state index in [2.05, 4.69) is 41.0 Å². The van der Waals surface area contributed by atoms with E-state index in [9.17, 15) is 0 Å². The van der Waals surface area contributed by atoms with E-state index < -0.39 is 0 Å². The number of hydrogen-bond acceptors (Lipinski definition) is 3. The lowest BCUT2D eigenvalue weighted by Gasteiger charge is -2.12. The van der Waals surface area contributed by atoms with Crippen LogP contribution in [0.1, 0.15) is 23.9 Å². The van der Waals surface area contributed by atoms with Crippen molar-refractivity contribution in [2.24, 2.45) is 0 Å². The highest BCUT2D eigenvalue weighted by atomic mass is 16.5. The summed E-state index contributed by atoms with van der Waals surface area (Å²) in [5.74, 6) is 1.68. The van der Waals surface area contributed by atoms with Crippen LogP contribution in [-0.4, -0.2) is 16.8 Å². The summed E-state index contributed by atoms with van der Waals surface area (Å²) in [4.78, 5) is 0. The Bertz CT molecular complexity index is 763. The maximum Gasteiger partial charge on any atom is 0.157 e. The lowest BCUT2D eigenvalue weighted by molar-refractivity contribution is 0.393. The van der Waals surface area contributed by atoms with Crippen molar-refractivity contribution in [2.45, 2.75) is 27.2 Å². The van der Waals surface area contributed by atoms with Crippen molar-refractivity contribution in [3.8, 4) is 22.7 Å². The Morgan fingerprint density at radius 2 is 1.86 bits per heavy atom. The molecule has 0 fully saturated rings. The van der Waals surface area contributed by atoms with Gasteiger partial charge in [0.1, 0.15) is 17.1 Å². The first-order valence-corrected chi connectivity index (χ1v) is 7.43. The van der Waals surface area contributed by atoms with Crippen molar-refractivity contribution in [2.75, 3.05) is 7.11 Å². The second-order valence-electron chi connectivity index (χ2n) is 5.31. The van der Waals surface area contributed by atoms with Crippen LogP contribution in [0.3, 0.4) is 0 Å². The Kier molecular flexibility index (Phi) is 3.75. The average molecular weight is 296 g/mol. The molecule has 4 nitrogen and oxygen atoms in total. The Morgan fingerprint density at radius 1 is 1.14 bits per heavy atom. The normalized spacial score (nSPS) is 10.9. The van der Waals surface area contributed by atoms with Gasteiger partial charge in [0.25, 0.3) is 0 Å².